The van der Waals surface area contributed by atoms with E-state index < -0.39 is 0 Å². The number of hydrogen-bond acceptors (Lipinski definition) is 5. The number of anilines is 1. The molecule has 1 aliphatic rings. The molecular weight excluding hydrogens is 396 g/mol. The quantitative estimate of drug-likeness (QED) is 0.441. The molecular formula is C24H28N2O3S. The van der Waals surface area contributed by atoms with E-state index >= 15 is 0 Å². The predicted octanol–water partition coefficient (Wildman–Crippen LogP) is 5.61. The third kappa shape index (κ3) is 4.65. The number of carbonyl (C=O) groups is 1. The van der Waals surface area contributed by atoms with Crippen LogP contribution in [0.25, 0.3) is 10.2 Å². The number of thiazole rings is 1. The first kappa shape index (κ1) is 20.8. The summed E-state index contributed by atoms with van der Waals surface area (Å²) in [6.07, 6.45) is 4.18. The molecule has 0 N–H and O–H groups in total. The molecule has 0 spiro atoms. The first-order valence-electron chi connectivity index (χ1n) is 10.7. The number of para-hydroxylation sites is 1. The summed E-state index contributed by atoms with van der Waals surface area (Å²) in [6.45, 7) is 6.16. The highest BCUT2D eigenvalue weighted by Crippen LogP contribution is 2.32. The number of ether oxygens (including phenoxy) is 2. The van der Waals surface area contributed by atoms with Crippen molar-refractivity contribution in [3.63, 3.8) is 0 Å². The fraction of sp³-hybridized carbons (Fsp3) is 0.417. The predicted molar refractivity (Wildman–Crippen MR) is 122 cm³/mol. The molecule has 1 atom stereocenters. The molecule has 3 aromatic rings. The molecule has 1 saturated heterocycles. The summed E-state index contributed by atoms with van der Waals surface area (Å²) in [7, 11) is 0. The van der Waals surface area contributed by atoms with E-state index in [1.165, 1.54) is 0 Å². The zero-order valence-electron chi connectivity index (χ0n) is 17.6. The van der Waals surface area contributed by atoms with Crippen LogP contribution in [-0.2, 0) is 4.74 Å². The fourth-order valence-corrected chi connectivity index (χ4v) is 4.66. The molecule has 6 heteroatoms. The van der Waals surface area contributed by atoms with Crippen molar-refractivity contribution in [2.75, 3.05) is 24.7 Å². The standard InChI is InChI=1S/C24H28N2O3S/c1-3-4-14-28-19-12-10-18(11-13-19)23(27)26(16-20-8-6-15-29-20)24-25-22-17(2)7-5-9-21(22)30-24/h5,7,9-13,20H,3-4,6,8,14-16H2,1-2H3. The SMILES string of the molecule is CCCCOc1ccc(C(=O)N(CC2CCCO2)c2nc3c(C)cccc3s2)cc1. The lowest BCUT2D eigenvalue weighted by Gasteiger charge is -2.23. The van der Waals surface area contributed by atoms with Gasteiger partial charge in [0.25, 0.3) is 5.91 Å². The van der Waals surface area contributed by atoms with Gasteiger partial charge in [-0.05, 0) is 62.1 Å². The number of carbonyl (C=O) groups excluding carboxylic acids is 1. The van der Waals surface area contributed by atoms with Gasteiger partial charge in [-0.2, -0.15) is 0 Å². The molecule has 1 unspecified atom stereocenters. The number of amides is 1. The molecule has 0 radical (unpaired) electrons. The minimum atomic E-state index is -0.0534. The van der Waals surface area contributed by atoms with Crippen molar-refractivity contribution >= 4 is 32.6 Å². The van der Waals surface area contributed by atoms with Crippen molar-refractivity contribution in [2.24, 2.45) is 0 Å². The van der Waals surface area contributed by atoms with Crippen LogP contribution >= 0.6 is 11.3 Å². The van der Waals surface area contributed by atoms with E-state index in [0.29, 0.717) is 18.7 Å². The van der Waals surface area contributed by atoms with Gasteiger partial charge in [-0.1, -0.05) is 36.8 Å². The molecule has 0 aliphatic carbocycles. The van der Waals surface area contributed by atoms with E-state index in [1.54, 1.807) is 16.2 Å². The Hall–Kier alpha value is -2.44. The Morgan fingerprint density at radius 2 is 2.10 bits per heavy atom. The van der Waals surface area contributed by atoms with Crippen LogP contribution < -0.4 is 9.64 Å². The molecule has 0 bridgehead atoms. The Morgan fingerprint density at radius 1 is 1.27 bits per heavy atom. The molecule has 30 heavy (non-hydrogen) atoms. The Balaban J connectivity index is 1.59. The molecule has 1 amide bonds. The van der Waals surface area contributed by atoms with Crippen molar-refractivity contribution in [3.05, 3.63) is 53.6 Å². The van der Waals surface area contributed by atoms with Crippen molar-refractivity contribution in [1.82, 2.24) is 4.98 Å². The minimum Gasteiger partial charge on any atom is -0.494 e. The molecule has 2 aromatic carbocycles. The van der Waals surface area contributed by atoms with E-state index in [-0.39, 0.29) is 12.0 Å². The fourth-order valence-electron chi connectivity index (χ4n) is 3.61. The van der Waals surface area contributed by atoms with E-state index in [4.69, 9.17) is 14.5 Å². The first-order chi connectivity index (χ1) is 14.7. The lowest BCUT2D eigenvalue weighted by molar-refractivity contribution is 0.0917. The number of aryl methyl sites for hydroxylation is 1. The molecule has 5 nitrogen and oxygen atoms in total. The van der Waals surface area contributed by atoms with E-state index in [0.717, 1.165) is 59.0 Å². The average molecular weight is 425 g/mol. The van der Waals surface area contributed by atoms with Crippen LogP contribution in [0.2, 0.25) is 0 Å². The Labute approximate surface area is 181 Å². The minimum absolute atomic E-state index is 0.0534. The Bertz CT molecular complexity index is 993. The Morgan fingerprint density at radius 3 is 2.80 bits per heavy atom. The number of unbranched alkanes of at least 4 members (excludes halogenated alkanes) is 1. The number of fused-ring (bicyclic) bond motifs is 1. The largest absolute Gasteiger partial charge is 0.494 e. The molecule has 2 heterocycles. The highest BCUT2D eigenvalue weighted by Gasteiger charge is 2.27. The van der Waals surface area contributed by atoms with Gasteiger partial charge in [0.2, 0.25) is 0 Å². The van der Waals surface area contributed by atoms with Gasteiger partial charge in [-0.25, -0.2) is 4.98 Å². The maximum Gasteiger partial charge on any atom is 0.260 e. The molecule has 1 fully saturated rings. The van der Waals surface area contributed by atoms with Crippen LogP contribution in [0.15, 0.2) is 42.5 Å². The molecule has 1 aromatic heterocycles. The van der Waals surface area contributed by atoms with Crippen molar-refractivity contribution in [2.45, 2.75) is 45.6 Å². The van der Waals surface area contributed by atoms with Gasteiger partial charge < -0.3 is 9.47 Å². The van der Waals surface area contributed by atoms with Gasteiger partial charge in [-0.15, -0.1) is 0 Å². The highest BCUT2D eigenvalue weighted by molar-refractivity contribution is 7.22. The maximum absolute atomic E-state index is 13.5. The van der Waals surface area contributed by atoms with E-state index in [1.807, 2.05) is 30.3 Å². The molecule has 4 rings (SSSR count). The second-order valence-corrected chi connectivity index (χ2v) is 8.70. The van der Waals surface area contributed by atoms with Crippen molar-refractivity contribution in [3.8, 4) is 5.75 Å². The van der Waals surface area contributed by atoms with Crippen molar-refractivity contribution < 1.29 is 14.3 Å². The number of aromatic nitrogens is 1. The monoisotopic (exact) mass is 424 g/mol. The van der Waals surface area contributed by atoms with Gasteiger partial charge in [-0.3, -0.25) is 9.69 Å². The normalized spacial score (nSPS) is 16.1. The van der Waals surface area contributed by atoms with Gasteiger partial charge >= 0.3 is 0 Å². The number of benzene rings is 2. The van der Waals surface area contributed by atoms with Crippen LogP contribution in [0.3, 0.4) is 0 Å². The number of nitrogens with zero attached hydrogens (tertiary/aromatic N) is 2. The smallest absolute Gasteiger partial charge is 0.260 e. The molecule has 158 valence electrons. The van der Waals surface area contributed by atoms with Crippen LogP contribution in [0.1, 0.15) is 48.5 Å². The summed E-state index contributed by atoms with van der Waals surface area (Å²) < 4.78 is 12.6. The summed E-state index contributed by atoms with van der Waals surface area (Å²) in [4.78, 5) is 20.1. The topological polar surface area (TPSA) is 51.7 Å². The first-order valence-corrected chi connectivity index (χ1v) is 11.5. The summed E-state index contributed by atoms with van der Waals surface area (Å²) in [5, 5.41) is 0.725. The van der Waals surface area contributed by atoms with Crippen molar-refractivity contribution in [1.29, 1.82) is 0 Å². The summed E-state index contributed by atoms with van der Waals surface area (Å²) >= 11 is 1.56. The van der Waals surface area contributed by atoms with E-state index in [9.17, 15) is 4.79 Å². The Kier molecular flexibility index (Phi) is 6.65. The molecule has 0 saturated carbocycles. The average Bonchev–Trinajstić information content (AvgIpc) is 3.43. The van der Waals surface area contributed by atoms with Crippen LogP contribution in [-0.4, -0.2) is 36.8 Å². The van der Waals surface area contributed by atoms with Gasteiger partial charge in [0.1, 0.15) is 5.75 Å². The van der Waals surface area contributed by atoms with E-state index in [2.05, 4.69) is 26.0 Å². The number of hydrogen-bond donors (Lipinski definition) is 0. The van der Waals surface area contributed by atoms with Gasteiger partial charge in [0.15, 0.2) is 5.13 Å². The lowest BCUT2D eigenvalue weighted by Crippen LogP contribution is -2.37. The second kappa shape index (κ2) is 9.58. The molecule has 1 aliphatic heterocycles. The van der Waals surface area contributed by atoms with Crippen LogP contribution in [0.4, 0.5) is 5.13 Å². The third-order valence-corrected chi connectivity index (χ3v) is 6.41. The lowest BCUT2D eigenvalue weighted by atomic mass is 10.1. The van der Waals surface area contributed by atoms with Gasteiger partial charge in [0.05, 0.1) is 29.5 Å². The van der Waals surface area contributed by atoms with Gasteiger partial charge in [0, 0.05) is 12.2 Å². The summed E-state index contributed by atoms with van der Waals surface area (Å²) in [5.41, 5.74) is 2.71. The zero-order valence-corrected chi connectivity index (χ0v) is 18.4. The second-order valence-electron chi connectivity index (χ2n) is 7.70. The van der Waals surface area contributed by atoms with Crippen LogP contribution in [0, 0.1) is 6.92 Å². The summed E-state index contributed by atoms with van der Waals surface area (Å²) in [6, 6.07) is 13.6. The number of rotatable bonds is 8. The highest BCUT2D eigenvalue weighted by atomic mass is 32.1. The maximum atomic E-state index is 13.5. The van der Waals surface area contributed by atoms with Crippen LogP contribution in [0.5, 0.6) is 5.75 Å². The zero-order chi connectivity index (χ0) is 20.9. The summed E-state index contributed by atoms with van der Waals surface area (Å²) in [5.74, 6) is 0.739. The third-order valence-electron chi connectivity index (χ3n) is 5.36.